The molecule has 0 spiro atoms. The molecule has 0 unspecified atom stereocenters. The molecule has 12 heavy (non-hydrogen) atoms. The summed E-state index contributed by atoms with van der Waals surface area (Å²) < 4.78 is 12.6. The molecule has 1 rings (SSSR count). The van der Waals surface area contributed by atoms with E-state index in [1.165, 1.54) is 12.1 Å². The van der Waals surface area contributed by atoms with Crippen LogP contribution in [0.3, 0.4) is 0 Å². The number of halogens is 1. The summed E-state index contributed by atoms with van der Waals surface area (Å²) in [5.74, 6) is -0.142. The standard InChI is InChI=1S/C10H11FO/c1-2-10(12)7-8-4-3-5-9(11)6-8/h3-6H,2,7H2,1H3. The van der Waals surface area contributed by atoms with Gasteiger partial charge in [0.25, 0.3) is 0 Å². The lowest BCUT2D eigenvalue weighted by atomic mass is 10.1. The van der Waals surface area contributed by atoms with Crippen molar-refractivity contribution in [2.75, 3.05) is 0 Å². The van der Waals surface area contributed by atoms with E-state index in [2.05, 4.69) is 0 Å². The van der Waals surface area contributed by atoms with Crippen LogP contribution in [0.1, 0.15) is 18.9 Å². The molecule has 2 heteroatoms. The van der Waals surface area contributed by atoms with E-state index in [1.54, 1.807) is 12.1 Å². The van der Waals surface area contributed by atoms with Crippen molar-refractivity contribution in [2.24, 2.45) is 0 Å². The molecule has 0 N–H and O–H groups in total. The summed E-state index contributed by atoms with van der Waals surface area (Å²) in [6.45, 7) is 1.81. The lowest BCUT2D eigenvalue weighted by molar-refractivity contribution is -0.118. The van der Waals surface area contributed by atoms with Gasteiger partial charge in [0, 0.05) is 12.8 Å². The molecule has 0 heterocycles. The van der Waals surface area contributed by atoms with Crippen LogP contribution in [0.15, 0.2) is 24.3 Å². The van der Waals surface area contributed by atoms with Gasteiger partial charge in [0.2, 0.25) is 0 Å². The molecule has 0 saturated heterocycles. The highest BCUT2D eigenvalue weighted by molar-refractivity contribution is 5.80. The Labute approximate surface area is 71.2 Å². The molecule has 0 aliphatic rings. The van der Waals surface area contributed by atoms with Gasteiger partial charge in [-0.05, 0) is 17.7 Å². The number of carbonyl (C=O) groups is 1. The number of benzene rings is 1. The Kier molecular flexibility index (Phi) is 2.97. The van der Waals surface area contributed by atoms with Crippen LogP contribution in [0.2, 0.25) is 0 Å². The highest BCUT2D eigenvalue weighted by atomic mass is 19.1. The second kappa shape index (κ2) is 4.00. The van der Waals surface area contributed by atoms with Crippen LogP contribution in [0.4, 0.5) is 4.39 Å². The third kappa shape index (κ3) is 2.46. The van der Waals surface area contributed by atoms with Crippen molar-refractivity contribution in [2.45, 2.75) is 19.8 Å². The second-order valence-corrected chi connectivity index (χ2v) is 2.70. The molecule has 0 radical (unpaired) electrons. The van der Waals surface area contributed by atoms with Gasteiger partial charge < -0.3 is 0 Å². The normalized spacial score (nSPS) is 9.83. The fourth-order valence-electron chi connectivity index (χ4n) is 1.000. The van der Waals surface area contributed by atoms with Gasteiger partial charge in [-0.3, -0.25) is 4.79 Å². The van der Waals surface area contributed by atoms with Gasteiger partial charge in [-0.2, -0.15) is 0 Å². The lowest BCUT2D eigenvalue weighted by Crippen LogP contribution is -2.00. The summed E-state index contributed by atoms with van der Waals surface area (Å²) in [6, 6.07) is 6.15. The smallest absolute Gasteiger partial charge is 0.136 e. The van der Waals surface area contributed by atoms with Gasteiger partial charge in [-0.15, -0.1) is 0 Å². The number of carbonyl (C=O) groups excluding carboxylic acids is 1. The maximum atomic E-state index is 12.6. The van der Waals surface area contributed by atoms with Crippen LogP contribution < -0.4 is 0 Å². The van der Waals surface area contributed by atoms with Crippen LogP contribution in [-0.2, 0) is 11.2 Å². The Morgan fingerprint density at radius 3 is 2.83 bits per heavy atom. The minimum Gasteiger partial charge on any atom is -0.299 e. The van der Waals surface area contributed by atoms with E-state index in [1.807, 2.05) is 6.92 Å². The molecule has 0 atom stereocenters. The number of ketones is 1. The molecule has 0 bridgehead atoms. The third-order valence-corrected chi connectivity index (χ3v) is 1.68. The molecule has 0 aromatic heterocycles. The van der Waals surface area contributed by atoms with Crippen molar-refractivity contribution >= 4 is 5.78 Å². The Hall–Kier alpha value is -1.18. The lowest BCUT2D eigenvalue weighted by Gasteiger charge is -1.97. The largest absolute Gasteiger partial charge is 0.299 e. The van der Waals surface area contributed by atoms with E-state index in [9.17, 15) is 9.18 Å². The van der Waals surface area contributed by atoms with Crippen LogP contribution in [-0.4, -0.2) is 5.78 Å². The molecule has 0 saturated carbocycles. The molecule has 0 amide bonds. The average molecular weight is 166 g/mol. The van der Waals surface area contributed by atoms with Gasteiger partial charge in [0.1, 0.15) is 11.6 Å². The summed E-state index contributed by atoms with van der Waals surface area (Å²) >= 11 is 0. The molecule has 0 aliphatic carbocycles. The SMILES string of the molecule is CCC(=O)Cc1cccc(F)c1. The first-order valence-electron chi connectivity index (χ1n) is 3.98. The minimum atomic E-state index is -0.281. The van der Waals surface area contributed by atoms with Crippen molar-refractivity contribution < 1.29 is 9.18 Å². The molecular weight excluding hydrogens is 155 g/mol. The molecule has 64 valence electrons. The Morgan fingerprint density at radius 2 is 2.25 bits per heavy atom. The Balaban J connectivity index is 2.69. The summed E-state index contributed by atoms with van der Waals surface area (Å²) in [4.78, 5) is 11.0. The Morgan fingerprint density at radius 1 is 1.50 bits per heavy atom. The first kappa shape index (κ1) is 8.91. The summed E-state index contributed by atoms with van der Waals surface area (Å²) in [7, 11) is 0. The Bertz CT molecular complexity index is 281. The van der Waals surface area contributed by atoms with Crippen molar-refractivity contribution in [3.8, 4) is 0 Å². The van der Waals surface area contributed by atoms with E-state index in [-0.39, 0.29) is 11.6 Å². The number of hydrogen-bond acceptors (Lipinski definition) is 1. The molecular formula is C10H11FO. The maximum absolute atomic E-state index is 12.6. The maximum Gasteiger partial charge on any atom is 0.136 e. The monoisotopic (exact) mass is 166 g/mol. The van der Waals surface area contributed by atoms with E-state index >= 15 is 0 Å². The number of hydrogen-bond donors (Lipinski definition) is 0. The minimum absolute atomic E-state index is 0.139. The van der Waals surface area contributed by atoms with Crippen LogP contribution in [0.25, 0.3) is 0 Å². The predicted molar refractivity (Wildman–Crippen MR) is 45.4 cm³/mol. The fourth-order valence-corrected chi connectivity index (χ4v) is 1.000. The highest BCUT2D eigenvalue weighted by Gasteiger charge is 2.00. The van der Waals surface area contributed by atoms with E-state index in [0.29, 0.717) is 12.8 Å². The average Bonchev–Trinajstić information content (AvgIpc) is 2.04. The zero-order valence-corrected chi connectivity index (χ0v) is 7.01. The van der Waals surface area contributed by atoms with E-state index in [4.69, 9.17) is 0 Å². The molecule has 0 fully saturated rings. The third-order valence-electron chi connectivity index (χ3n) is 1.68. The second-order valence-electron chi connectivity index (χ2n) is 2.70. The van der Waals surface area contributed by atoms with Crippen LogP contribution in [0, 0.1) is 5.82 Å². The quantitative estimate of drug-likeness (QED) is 0.673. The number of rotatable bonds is 3. The van der Waals surface area contributed by atoms with Gasteiger partial charge >= 0.3 is 0 Å². The van der Waals surface area contributed by atoms with Crippen LogP contribution in [0.5, 0.6) is 0 Å². The van der Waals surface area contributed by atoms with E-state index in [0.717, 1.165) is 5.56 Å². The first-order valence-corrected chi connectivity index (χ1v) is 3.98. The summed E-state index contributed by atoms with van der Waals surface area (Å²) in [5.41, 5.74) is 0.752. The predicted octanol–water partition coefficient (Wildman–Crippen LogP) is 2.35. The summed E-state index contributed by atoms with van der Waals surface area (Å²) in [5, 5.41) is 0. The molecule has 0 aliphatic heterocycles. The van der Waals surface area contributed by atoms with Crippen LogP contribution >= 0.6 is 0 Å². The van der Waals surface area contributed by atoms with E-state index < -0.39 is 0 Å². The number of Topliss-reactive ketones (excluding diaryl/α,β-unsaturated/α-hetero) is 1. The molecule has 1 aromatic rings. The molecule has 1 nitrogen and oxygen atoms in total. The summed E-state index contributed by atoms with van der Waals surface area (Å²) in [6.07, 6.45) is 0.852. The van der Waals surface area contributed by atoms with Crippen molar-refractivity contribution in [1.82, 2.24) is 0 Å². The topological polar surface area (TPSA) is 17.1 Å². The van der Waals surface area contributed by atoms with Crippen molar-refractivity contribution in [1.29, 1.82) is 0 Å². The first-order chi connectivity index (χ1) is 5.72. The fraction of sp³-hybridized carbons (Fsp3) is 0.300. The van der Waals surface area contributed by atoms with Gasteiger partial charge in [0.05, 0.1) is 0 Å². The van der Waals surface area contributed by atoms with Gasteiger partial charge in [0.15, 0.2) is 0 Å². The zero-order valence-electron chi connectivity index (χ0n) is 7.01. The zero-order chi connectivity index (χ0) is 8.97. The van der Waals surface area contributed by atoms with Gasteiger partial charge in [-0.1, -0.05) is 19.1 Å². The van der Waals surface area contributed by atoms with Crippen molar-refractivity contribution in [3.63, 3.8) is 0 Å². The highest BCUT2D eigenvalue weighted by Crippen LogP contribution is 2.05. The molecule has 1 aromatic carbocycles. The van der Waals surface area contributed by atoms with Crippen molar-refractivity contribution in [3.05, 3.63) is 35.6 Å². The van der Waals surface area contributed by atoms with Gasteiger partial charge in [-0.25, -0.2) is 4.39 Å².